The minimum absolute atomic E-state index is 0.0672. The molecule has 0 aromatic rings. The number of carboxylic acid groups (broad SMARTS) is 1. The lowest BCUT2D eigenvalue weighted by molar-refractivity contribution is -0.143. The van der Waals surface area contributed by atoms with Gasteiger partial charge in [0.15, 0.2) is 6.61 Å². The number of hydrogen-bond donors (Lipinski definition) is 5. The Kier molecular flexibility index (Phi) is 8.91. The fraction of sp³-hybridized carbons (Fsp3) is 0.742. The second-order valence-corrected chi connectivity index (χ2v) is 13.2. The molecule has 4 rings (SSSR count). The van der Waals surface area contributed by atoms with Gasteiger partial charge in [0.05, 0.1) is 12.3 Å². The number of nitrogens with zero attached hydrogens (tertiary/aromatic N) is 1. The maximum atomic E-state index is 12.5. The van der Waals surface area contributed by atoms with Crippen LogP contribution in [0.1, 0.15) is 79.1 Å². The van der Waals surface area contributed by atoms with E-state index in [0.29, 0.717) is 24.2 Å². The van der Waals surface area contributed by atoms with E-state index >= 15 is 0 Å². The molecular formula is C31H45N3O7. The van der Waals surface area contributed by atoms with Crippen molar-refractivity contribution in [3.63, 3.8) is 0 Å². The number of carbonyl (C=O) groups is 3. The Morgan fingerprint density at radius 3 is 2.46 bits per heavy atom. The summed E-state index contributed by atoms with van der Waals surface area (Å²) < 4.78 is 0. The highest BCUT2D eigenvalue weighted by Crippen LogP contribution is 2.67. The number of terminal acetylenes is 1. The van der Waals surface area contributed by atoms with Gasteiger partial charge in [-0.25, -0.2) is 4.79 Å². The maximum Gasteiger partial charge on any atom is 0.328 e. The number of amides is 2. The predicted octanol–water partition coefficient (Wildman–Crippen LogP) is 2.39. The Bertz CT molecular complexity index is 1160. The number of oxime groups is 1. The Labute approximate surface area is 242 Å². The number of hydrogen-bond acceptors (Lipinski definition) is 7. The predicted molar refractivity (Wildman–Crippen MR) is 152 cm³/mol. The highest BCUT2D eigenvalue weighted by Gasteiger charge is 2.63. The fourth-order valence-corrected chi connectivity index (χ4v) is 8.27. The van der Waals surface area contributed by atoms with Crippen LogP contribution in [0.5, 0.6) is 0 Å². The van der Waals surface area contributed by atoms with Crippen LogP contribution in [-0.4, -0.2) is 69.7 Å². The fourth-order valence-electron chi connectivity index (χ4n) is 8.27. The third kappa shape index (κ3) is 5.63. The first-order valence-corrected chi connectivity index (χ1v) is 14.8. The number of nitrogens with one attached hydrogen (secondary N) is 2. The molecule has 0 unspecified atom stereocenters. The van der Waals surface area contributed by atoms with E-state index in [1.165, 1.54) is 5.57 Å². The summed E-state index contributed by atoms with van der Waals surface area (Å²) in [5, 5.41) is 38.5. The van der Waals surface area contributed by atoms with E-state index in [2.05, 4.69) is 41.6 Å². The molecule has 10 heteroatoms. The summed E-state index contributed by atoms with van der Waals surface area (Å²) in [7, 11) is 0. The molecule has 0 aromatic heterocycles. The minimum Gasteiger partial charge on any atom is -0.480 e. The smallest absolute Gasteiger partial charge is 0.328 e. The zero-order chi connectivity index (χ0) is 30.2. The molecule has 0 heterocycles. The molecule has 0 saturated heterocycles. The van der Waals surface area contributed by atoms with Crippen molar-refractivity contribution >= 4 is 23.5 Å². The quantitative estimate of drug-likeness (QED) is 0.210. The van der Waals surface area contributed by atoms with Gasteiger partial charge in [-0.15, -0.1) is 6.42 Å². The first kappa shape index (κ1) is 31.0. The SMILES string of the molecule is C#C[C@@]1(O)CC[C@H]2[C@@H]3CCC4=C/C(=N/OCC(=O)N[C@@H](C(=O)N[C@H](CO)C(=O)O)C(C)C)CC[C@]4(C)[C@H]3CC[C@@]21C. The van der Waals surface area contributed by atoms with Gasteiger partial charge >= 0.3 is 5.97 Å². The van der Waals surface area contributed by atoms with E-state index in [9.17, 15) is 19.5 Å². The molecule has 0 aliphatic heterocycles. The average Bonchev–Trinajstić information content (AvgIpc) is 3.20. The third-order valence-corrected chi connectivity index (χ3v) is 10.8. The molecule has 2 amide bonds. The molecule has 0 bridgehead atoms. The molecule has 226 valence electrons. The molecule has 0 radical (unpaired) electrons. The summed E-state index contributed by atoms with van der Waals surface area (Å²) in [4.78, 5) is 41.5. The molecule has 3 fully saturated rings. The van der Waals surface area contributed by atoms with E-state index in [1.54, 1.807) is 13.8 Å². The third-order valence-electron chi connectivity index (χ3n) is 10.8. The maximum absolute atomic E-state index is 12.5. The molecule has 41 heavy (non-hydrogen) atoms. The zero-order valence-electron chi connectivity index (χ0n) is 24.6. The van der Waals surface area contributed by atoms with Crippen LogP contribution in [0.25, 0.3) is 0 Å². The zero-order valence-corrected chi connectivity index (χ0v) is 24.6. The summed E-state index contributed by atoms with van der Waals surface area (Å²) >= 11 is 0. The second-order valence-electron chi connectivity index (χ2n) is 13.2. The summed E-state index contributed by atoms with van der Waals surface area (Å²) in [6.45, 7) is 6.86. The van der Waals surface area contributed by atoms with Crippen molar-refractivity contribution in [3.05, 3.63) is 11.6 Å². The Hall–Kier alpha value is -2.90. The molecule has 0 spiro atoms. The van der Waals surface area contributed by atoms with Crippen molar-refractivity contribution in [1.29, 1.82) is 0 Å². The molecule has 10 nitrogen and oxygen atoms in total. The lowest BCUT2D eigenvalue weighted by atomic mass is 9.46. The second kappa shape index (κ2) is 11.8. The van der Waals surface area contributed by atoms with Gasteiger partial charge in [0.2, 0.25) is 5.91 Å². The Balaban J connectivity index is 1.36. The van der Waals surface area contributed by atoms with E-state index in [-0.39, 0.29) is 23.4 Å². The molecule has 8 atom stereocenters. The first-order valence-electron chi connectivity index (χ1n) is 14.8. The summed E-state index contributed by atoms with van der Waals surface area (Å²) in [6, 6.07) is -2.44. The number of aliphatic carboxylic acids is 1. The van der Waals surface area contributed by atoms with E-state index in [0.717, 1.165) is 50.7 Å². The van der Waals surface area contributed by atoms with Crippen molar-refractivity contribution in [1.82, 2.24) is 10.6 Å². The van der Waals surface area contributed by atoms with Gasteiger partial charge in [-0.2, -0.15) is 0 Å². The van der Waals surface area contributed by atoms with E-state index in [1.807, 2.05) is 0 Å². The largest absolute Gasteiger partial charge is 0.480 e. The molecule has 5 N–H and O–H groups in total. The topological polar surface area (TPSA) is 158 Å². The Morgan fingerprint density at radius 2 is 1.83 bits per heavy atom. The van der Waals surface area contributed by atoms with Gasteiger partial charge in [-0.1, -0.05) is 44.3 Å². The van der Waals surface area contributed by atoms with Gasteiger partial charge in [0.1, 0.15) is 17.7 Å². The van der Waals surface area contributed by atoms with Gasteiger partial charge in [0, 0.05) is 5.41 Å². The number of fused-ring (bicyclic) bond motifs is 5. The molecular weight excluding hydrogens is 526 g/mol. The number of aliphatic hydroxyl groups excluding tert-OH is 1. The van der Waals surface area contributed by atoms with Gasteiger partial charge < -0.3 is 30.8 Å². The van der Waals surface area contributed by atoms with Crippen LogP contribution in [0.3, 0.4) is 0 Å². The summed E-state index contributed by atoms with van der Waals surface area (Å²) in [5.41, 5.74) is 1.01. The number of allylic oxidation sites excluding steroid dienone is 2. The molecule has 4 aliphatic rings. The summed E-state index contributed by atoms with van der Waals surface area (Å²) in [6.07, 6.45) is 15.3. The van der Waals surface area contributed by atoms with Crippen molar-refractivity contribution in [2.24, 2.45) is 39.7 Å². The monoisotopic (exact) mass is 571 g/mol. The Morgan fingerprint density at radius 1 is 1.12 bits per heavy atom. The van der Waals surface area contributed by atoms with Crippen molar-refractivity contribution < 1.29 is 34.5 Å². The molecule has 4 aliphatic carbocycles. The van der Waals surface area contributed by atoms with Crippen LogP contribution in [0.2, 0.25) is 0 Å². The average molecular weight is 572 g/mol. The number of carbonyl (C=O) groups excluding carboxylic acids is 2. The van der Waals surface area contributed by atoms with Crippen molar-refractivity contribution in [2.45, 2.75) is 96.7 Å². The molecule has 0 aromatic carbocycles. The van der Waals surface area contributed by atoms with Gasteiger partial charge in [-0.3, -0.25) is 9.59 Å². The minimum atomic E-state index is -1.45. The van der Waals surface area contributed by atoms with Gasteiger partial charge in [-0.05, 0) is 86.5 Å². The van der Waals surface area contributed by atoms with E-state index in [4.69, 9.17) is 21.5 Å². The van der Waals surface area contributed by atoms with Crippen molar-refractivity contribution in [3.8, 4) is 12.3 Å². The highest BCUT2D eigenvalue weighted by molar-refractivity contribution is 5.96. The van der Waals surface area contributed by atoms with Gasteiger partial charge in [0.25, 0.3) is 5.91 Å². The van der Waals surface area contributed by atoms with Crippen LogP contribution in [0.4, 0.5) is 0 Å². The highest BCUT2D eigenvalue weighted by atomic mass is 16.6. The van der Waals surface area contributed by atoms with Crippen molar-refractivity contribution in [2.75, 3.05) is 13.2 Å². The standard InChI is InChI=1S/C31H45N3O7/c1-6-31(40)14-11-23-21-8-7-19-15-20(9-12-29(19,4)22(21)10-13-30(23,31)5)34-41-17-25(36)33-26(18(2)3)27(37)32-24(16-35)28(38)39/h1,15,18,21-24,26,35,40H,7-14,16-17H2,2-5H3,(H,32,37)(H,33,36)(H,38,39)/b34-20+/t21-,22+,23+,24-,26-,29+,30+,31-/m1/s1. The summed E-state index contributed by atoms with van der Waals surface area (Å²) in [5.74, 6) is 1.33. The normalized spacial score (nSPS) is 36.6. The molecule has 3 saturated carbocycles. The van der Waals surface area contributed by atoms with Crippen LogP contribution in [0.15, 0.2) is 16.8 Å². The van der Waals surface area contributed by atoms with E-state index < -0.39 is 42.1 Å². The number of carboxylic acids is 1. The van der Waals surface area contributed by atoms with Crippen LogP contribution >= 0.6 is 0 Å². The van der Waals surface area contributed by atoms with Crippen LogP contribution in [0, 0.1) is 46.8 Å². The van der Waals surface area contributed by atoms with Crippen LogP contribution < -0.4 is 10.6 Å². The first-order chi connectivity index (χ1) is 19.3. The lowest BCUT2D eigenvalue weighted by Gasteiger charge is -2.58. The van der Waals surface area contributed by atoms with Crippen LogP contribution in [-0.2, 0) is 19.2 Å². The number of aliphatic hydroxyl groups is 2. The number of rotatable bonds is 9. The lowest BCUT2D eigenvalue weighted by Crippen LogP contribution is -2.55.